The minimum Gasteiger partial charge on any atom is -0.440 e. The van der Waals surface area contributed by atoms with Crippen LogP contribution in [0, 0.1) is 17.5 Å². The van der Waals surface area contributed by atoms with Crippen molar-refractivity contribution >= 4 is 33.2 Å². The Morgan fingerprint density at radius 1 is 0.771 bits per heavy atom. The van der Waals surface area contributed by atoms with Crippen molar-refractivity contribution in [2.24, 2.45) is 0 Å². The highest BCUT2D eigenvalue weighted by atomic mass is 35.5. The minimum atomic E-state index is -4.14. The Morgan fingerprint density at radius 2 is 1.29 bits per heavy atom. The number of fused-ring (bicyclic) bond motifs is 1. The molecule has 0 aromatic heterocycles. The summed E-state index contributed by atoms with van der Waals surface area (Å²) in [7, 11) is -4.14. The number of piperidine rings is 1. The molecule has 5 nitrogen and oxygen atoms in total. The lowest BCUT2D eigenvalue weighted by atomic mass is 9.96. The van der Waals surface area contributed by atoms with E-state index >= 15 is 4.39 Å². The van der Waals surface area contributed by atoms with Gasteiger partial charge in [-0.15, -0.1) is 0 Å². The largest absolute Gasteiger partial charge is 0.440 e. The predicted molar refractivity (Wildman–Crippen MR) is 124 cm³/mol. The van der Waals surface area contributed by atoms with E-state index in [0.29, 0.717) is 12.8 Å². The number of benzene rings is 3. The predicted octanol–water partition coefficient (Wildman–Crippen LogP) is 6.26. The maximum absolute atomic E-state index is 15.1. The smallest absolute Gasteiger partial charge is 0.308 e. The molecule has 0 aliphatic carbocycles. The standard InChI is InChI=1S/C24H18Cl2F3NO4S/c25-18-10-14(27)4-6-16(18)24(17-7-5-15(28)11-19(17)26)33-21-12-20(29)23(13-22(21)34-24)35(31,32)30-8-2-1-3-9-30/h4-7,10-13H,1-3,8-9H2. The Balaban J connectivity index is 1.66. The third kappa shape index (κ3) is 4.14. The number of halogens is 5. The van der Waals surface area contributed by atoms with Crippen molar-refractivity contribution in [2.45, 2.75) is 29.9 Å². The fourth-order valence-corrected chi connectivity index (χ4v) is 6.49. The van der Waals surface area contributed by atoms with E-state index in [-0.39, 0.29) is 45.8 Å². The molecule has 0 amide bonds. The summed E-state index contributed by atoms with van der Waals surface area (Å²) < 4.78 is 82.4. The van der Waals surface area contributed by atoms with Crippen LogP contribution in [-0.4, -0.2) is 25.8 Å². The summed E-state index contributed by atoms with van der Waals surface area (Å²) in [5.74, 6) is -4.46. The van der Waals surface area contributed by atoms with Gasteiger partial charge >= 0.3 is 5.79 Å². The summed E-state index contributed by atoms with van der Waals surface area (Å²) in [5, 5.41) is -0.195. The number of ether oxygens (including phenoxy) is 2. The topological polar surface area (TPSA) is 55.8 Å². The highest BCUT2D eigenvalue weighted by Crippen LogP contribution is 2.52. The van der Waals surface area contributed by atoms with Crippen LogP contribution in [-0.2, 0) is 15.8 Å². The lowest BCUT2D eigenvalue weighted by molar-refractivity contribution is -0.0458. The van der Waals surface area contributed by atoms with Crippen molar-refractivity contribution in [2.75, 3.05) is 13.1 Å². The Morgan fingerprint density at radius 3 is 1.80 bits per heavy atom. The zero-order chi connectivity index (χ0) is 25.0. The van der Waals surface area contributed by atoms with Gasteiger partial charge in [0.25, 0.3) is 0 Å². The van der Waals surface area contributed by atoms with Crippen LogP contribution < -0.4 is 9.47 Å². The lowest BCUT2D eigenvalue weighted by Gasteiger charge is -2.30. The lowest BCUT2D eigenvalue weighted by Crippen LogP contribution is -2.37. The van der Waals surface area contributed by atoms with Gasteiger partial charge in [-0.1, -0.05) is 29.6 Å². The minimum absolute atomic E-state index is 0.0947. The summed E-state index contributed by atoms with van der Waals surface area (Å²) in [5.41, 5.74) is 0.206. The molecule has 0 bridgehead atoms. The van der Waals surface area contributed by atoms with Gasteiger partial charge in [0, 0.05) is 25.2 Å². The zero-order valence-electron chi connectivity index (χ0n) is 18.0. The molecule has 11 heteroatoms. The maximum atomic E-state index is 15.1. The molecule has 1 saturated heterocycles. The first-order valence-electron chi connectivity index (χ1n) is 10.7. The summed E-state index contributed by atoms with van der Waals surface area (Å²) >= 11 is 12.6. The summed E-state index contributed by atoms with van der Waals surface area (Å²) in [4.78, 5) is -0.562. The number of hydrogen-bond acceptors (Lipinski definition) is 4. The van der Waals surface area contributed by atoms with Crippen LogP contribution in [0.1, 0.15) is 30.4 Å². The normalized spacial score (nSPS) is 17.5. The Bertz CT molecular complexity index is 1380. The second-order valence-electron chi connectivity index (χ2n) is 8.26. The molecular weight excluding hydrogens is 526 g/mol. The van der Waals surface area contributed by atoms with Crippen LogP contribution in [0.2, 0.25) is 10.0 Å². The van der Waals surface area contributed by atoms with Crippen molar-refractivity contribution in [3.8, 4) is 11.5 Å². The molecule has 2 aliphatic rings. The molecule has 2 heterocycles. The highest BCUT2D eigenvalue weighted by Gasteiger charge is 2.49. The van der Waals surface area contributed by atoms with E-state index in [9.17, 15) is 17.2 Å². The number of sulfonamides is 1. The average Bonchev–Trinajstić information content (AvgIpc) is 3.17. The molecular formula is C24H18Cl2F3NO4S. The molecule has 0 N–H and O–H groups in total. The van der Waals surface area contributed by atoms with E-state index in [2.05, 4.69) is 0 Å². The van der Waals surface area contributed by atoms with Crippen LogP contribution in [0.4, 0.5) is 13.2 Å². The fraction of sp³-hybridized carbons (Fsp3) is 0.250. The first-order valence-corrected chi connectivity index (χ1v) is 12.9. The molecule has 2 aliphatic heterocycles. The van der Waals surface area contributed by atoms with Crippen molar-refractivity contribution in [3.05, 3.63) is 87.2 Å². The highest BCUT2D eigenvalue weighted by molar-refractivity contribution is 7.89. The Hall–Kier alpha value is -2.46. The Kier molecular flexibility index (Phi) is 6.15. The van der Waals surface area contributed by atoms with Gasteiger partial charge in [-0.3, -0.25) is 0 Å². The van der Waals surface area contributed by atoms with Gasteiger partial charge in [0.1, 0.15) is 22.3 Å². The van der Waals surface area contributed by atoms with Gasteiger partial charge in [-0.2, -0.15) is 4.31 Å². The van der Waals surface area contributed by atoms with Crippen LogP contribution in [0.15, 0.2) is 53.4 Å². The van der Waals surface area contributed by atoms with E-state index in [4.69, 9.17) is 32.7 Å². The molecule has 35 heavy (non-hydrogen) atoms. The second-order valence-corrected chi connectivity index (χ2v) is 11.0. The van der Waals surface area contributed by atoms with E-state index < -0.39 is 38.2 Å². The van der Waals surface area contributed by atoms with Crippen LogP contribution >= 0.6 is 23.2 Å². The Labute approximate surface area is 210 Å². The quantitative estimate of drug-likeness (QED) is 0.389. The van der Waals surface area contributed by atoms with Gasteiger partial charge in [0.15, 0.2) is 11.5 Å². The van der Waals surface area contributed by atoms with Crippen LogP contribution in [0.3, 0.4) is 0 Å². The molecule has 0 atom stereocenters. The first kappa shape index (κ1) is 24.2. The molecule has 5 rings (SSSR count). The summed E-state index contributed by atoms with van der Waals surface area (Å²) in [6, 6.07) is 8.83. The zero-order valence-corrected chi connectivity index (χ0v) is 20.4. The van der Waals surface area contributed by atoms with Crippen molar-refractivity contribution in [3.63, 3.8) is 0 Å². The molecule has 3 aromatic rings. The second kappa shape index (κ2) is 8.89. The van der Waals surface area contributed by atoms with Crippen molar-refractivity contribution < 1.29 is 31.1 Å². The van der Waals surface area contributed by atoms with Crippen LogP contribution in [0.5, 0.6) is 11.5 Å². The molecule has 1 fully saturated rings. The van der Waals surface area contributed by atoms with Gasteiger partial charge in [-0.25, -0.2) is 21.6 Å². The summed E-state index contributed by atoms with van der Waals surface area (Å²) in [6.45, 7) is 0.576. The van der Waals surface area contributed by atoms with Crippen molar-refractivity contribution in [1.82, 2.24) is 4.31 Å². The van der Waals surface area contributed by atoms with Crippen LogP contribution in [0.25, 0.3) is 0 Å². The third-order valence-electron chi connectivity index (χ3n) is 6.01. The molecule has 0 spiro atoms. The summed E-state index contributed by atoms with van der Waals surface area (Å²) in [6.07, 6.45) is 2.26. The molecule has 3 aromatic carbocycles. The van der Waals surface area contributed by atoms with Gasteiger partial charge < -0.3 is 9.47 Å². The third-order valence-corrected chi connectivity index (χ3v) is 8.55. The SMILES string of the molecule is O=S(=O)(c1cc2c(cc1F)OC(c1ccc(F)cc1Cl)(c1ccc(F)cc1Cl)O2)N1CCCCC1. The number of hydrogen-bond donors (Lipinski definition) is 0. The number of nitrogens with zero attached hydrogens (tertiary/aromatic N) is 1. The fourth-order valence-electron chi connectivity index (χ4n) is 4.33. The van der Waals surface area contributed by atoms with Gasteiger partial charge in [0.2, 0.25) is 10.0 Å². The van der Waals surface area contributed by atoms with E-state index in [1.807, 2.05) is 0 Å². The average molecular weight is 544 g/mol. The first-order chi connectivity index (χ1) is 16.6. The van der Waals surface area contributed by atoms with Gasteiger partial charge in [0.05, 0.1) is 21.2 Å². The molecule has 0 saturated carbocycles. The van der Waals surface area contributed by atoms with Gasteiger partial charge in [-0.05, 0) is 49.2 Å². The molecule has 184 valence electrons. The molecule has 0 unspecified atom stereocenters. The van der Waals surface area contributed by atoms with Crippen molar-refractivity contribution in [1.29, 1.82) is 0 Å². The maximum Gasteiger partial charge on any atom is 0.308 e. The van der Waals surface area contributed by atoms with E-state index in [1.165, 1.54) is 16.4 Å². The molecule has 0 radical (unpaired) electrons. The van der Waals surface area contributed by atoms with E-state index in [1.54, 1.807) is 0 Å². The van der Waals surface area contributed by atoms with E-state index in [0.717, 1.165) is 42.8 Å². The monoisotopic (exact) mass is 543 g/mol. The number of rotatable bonds is 4.